The Hall–Kier alpha value is -3.69. The van der Waals surface area contributed by atoms with Crippen LogP contribution in [0.2, 0.25) is 0 Å². The van der Waals surface area contributed by atoms with Gasteiger partial charge in [-0.2, -0.15) is 0 Å². The lowest BCUT2D eigenvalue weighted by Gasteiger charge is -2.25. The van der Waals surface area contributed by atoms with E-state index in [0.717, 1.165) is 0 Å². The monoisotopic (exact) mass is 496 g/mol. The van der Waals surface area contributed by atoms with Crippen LogP contribution in [0.15, 0.2) is 59.0 Å². The maximum atomic E-state index is 12.9. The Balaban J connectivity index is 1.98. The molecule has 0 saturated heterocycles. The molecule has 3 rings (SSSR count). The molecule has 0 aliphatic heterocycles. The SMILES string of the molecule is CCN(CCOC)C1=CC(=O)/C(=C2/C(=O)C(=O)C(c3ccc(N(CC)CCOC)cc3O)=C2O)C=C1. The molecular formula is C27H32N2O7. The van der Waals surface area contributed by atoms with Gasteiger partial charge >= 0.3 is 0 Å². The normalized spacial score (nSPS) is 17.8. The Morgan fingerprint density at radius 1 is 0.833 bits per heavy atom. The summed E-state index contributed by atoms with van der Waals surface area (Å²) in [6.45, 7) is 7.34. The van der Waals surface area contributed by atoms with Crippen LogP contribution in [0.1, 0.15) is 19.4 Å². The third kappa shape index (κ3) is 5.27. The van der Waals surface area contributed by atoms with Crippen LogP contribution >= 0.6 is 0 Å². The molecule has 0 saturated carbocycles. The molecule has 0 radical (unpaired) electrons. The maximum absolute atomic E-state index is 12.9. The quantitative estimate of drug-likeness (QED) is 0.352. The number of rotatable bonds is 11. The van der Waals surface area contributed by atoms with E-state index in [9.17, 15) is 24.6 Å². The average Bonchev–Trinajstić information content (AvgIpc) is 3.08. The Kier molecular flexibility index (Phi) is 8.84. The number of anilines is 1. The van der Waals surface area contributed by atoms with Gasteiger partial charge in [-0.05, 0) is 38.1 Å². The fourth-order valence-electron chi connectivity index (χ4n) is 4.25. The first-order valence-corrected chi connectivity index (χ1v) is 11.8. The van der Waals surface area contributed by atoms with Crippen molar-refractivity contribution < 1.29 is 34.1 Å². The highest BCUT2D eigenvalue weighted by atomic mass is 16.5. The molecule has 9 heteroatoms. The molecule has 2 aliphatic carbocycles. The lowest BCUT2D eigenvalue weighted by atomic mass is 9.96. The van der Waals surface area contributed by atoms with E-state index in [1.807, 2.05) is 23.6 Å². The first-order chi connectivity index (χ1) is 17.3. The number of likely N-dealkylation sites (N-methyl/N-ethyl adjacent to an activating group) is 2. The molecule has 192 valence electrons. The van der Waals surface area contributed by atoms with Gasteiger partial charge in [0.2, 0.25) is 11.6 Å². The van der Waals surface area contributed by atoms with Gasteiger partial charge in [0.25, 0.3) is 0 Å². The molecule has 0 fully saturated rings. The molecule has 0 atom stereocenters. The zero-order valence-corrected chi connectivity index (χ0v) is 21.0. The van der Waals surface area contributed by atoms with Gasteiger partial charge in [0.1, 0.15) is 11.5 Å². The standard InChI is InChI=1S/C27H32N2O7/c1-5-28(11-13-35-3)17-7-9-19(21(30)15-17)23-25(32)24(27(34)26(23)33)20-10-8-18(16-22(20)31)29(6-2)12-14-36-4/h7-10,15-16,30,32H,5-6,11-14H2,1-4H3/b24-20+. The van der Waals surface area contributed by atoms with Crippen molar-refractivity contribution in [2.24, 2.45) is 0 Å². The first-order valence-electron chi connectivity index (χ1n) is 11.8. The highest BCUT2D eigenvalue weighted by Crippen LogP contribution is 2.39. The van der Waals surface area contributed by atoms with Crippen LogP contribution in [0, 0.1) is 0 Å². The Labute approximate surface area is 210 Å². The minimum Gasteiger partial charge on any atom is -0.507 e. The van der Waals surface area contributed by atoms with E-state index < -0.39 is 23.1 Å². The number of nitrogens with zero attached hydrogens (tertiary/aromatic N) is 2. The van der Waals surface area contributed by atoms with Gasteiger partial charge < -0.3 is 29.5 Å². The number of aliphatic hydroxyl groups excluding tert-OH is 1. The van der Waals surface area contributed by atoms with Crippen molar-refractivity contribution in [1.29, 1.82) is 0 Å². The lowest BCUT2D eigenvalue weighted by Crippen LogP contribution is -2.27. The number of carbonyl (C=O) groups excluding carboxylic acids is 3. The Bertz CT molecular complexity index is 1180. The molecule has 2 N–H and O–H groups in total. The summed E-state index contributed by atoms with van der Waals surface area (Å²) in [4.78, 5) is 42.6. The van der Waals surface area contributed by atoms with Crippen molar-refractivity contribution in [2.75, 3.05) is 58.5 Å². The maximum Gasteiger partial charge on any atom is 0.238 e. The highest BCUT2D eigenvalue weighted by molar-refractivity contribution is 6.63. The van der Waals surface area contributed by atoms with E-state index in [2.05, 4.69) is 0 Å². The summed E-state index contributed by atoms with van der Waals surface area (Å²) in [6, 6.07) is 4.64. The molecule has 0 aromatic heterocycles. The third-order valence-electron chi connectivity index (χ3n) is 6.24. The molecule has 0 unspecified atom stereocenters. The number of ketones is 3. The van der Waals surface area contributed by atoms with Gasteiger partial charge in [-0.15, -0.1) is 0 Å². The Morgan fingerprint density at radius 2 is 1.44 bits per heavy atom. The van der Waals surface area contributed by atoms with Crippen molar-refractivity contribution in [3.63, 3.8) is 0 Å². The van der Waals surface area contributed by atoms with E-state index in [1.165, 1.54) is 24.3 Å². The van der Waals surface area contributed by atoms with Gasteiger partial charge in [0.15, 0.2) is 5.78 Å². The van der Waals surface area contributed by atoms with Gasteiger partial charge in [-0.25, -0.2) is 0 Å². The smallest absolute Gasteiger partial charge is 0.238 e. The van der Waals surface area contributed by atoms with Crippen LogP contribution in [0.4, 0.5) is 5.69 Å². The molecular weight excluding hydrogens is 464 g/mol. The number of hydrogen-bond acceptors (Lipinski definition) is 9. The Morgan fingerprint density at radius 3 is 2.00 bits per heavy atom. The van der Waals surface area contributed by atoms with E-state index in [0.29, 0.717) is 50.8 Å². The minimum atomic E-state index is -0.988. The number of aromatic hydroxyl groups is 1. The second-order valence-corrected chi connectivity index (χ2v) is 8.28. The molecule has 0 spiro atoms. The molecule has 1 aromatic rings. The van der Waals surface area contributed by atoms with Crippen LogP contribution in [0.25, 0.3) is 5.57 Å². The topological polar surface area (TPSA) is 117 Å². The number of phenols is 1. The summed E-state index contributed by atoms with van der Waals surface area (Å²) >= 11 is 0. The molecule has 0 amide bonds. The number of allylic oxidation sites excluding steroid dienone is 6. The molecule has 36 heavy (non-hydrogen) atoms. The summed E-state index contributed by atoms with van der Waals surface area (Å²) in [6.07, 6.45) is 4.47. The van der Waals surface area contributed by atoms with Crippen molar-refractivity contribution in [3.05, 3.63) is 64.6 Å². The van der Waals surface area contributed by atoms with Crippen molar-refractivity contribution in [2.45, 2.75) is 13.8 Å². The van der Waals surface area contributed by atoms with Crippen LogP contribution < -0.4 is 4.90 Å². The number of methoxy groups -OCH3 is 2. The second kappa shape index (κ2) is 11.8. The summed E-state index contributed by atoms with van der Waals surface area (Å²) in [5, 5.41) is 21.6. The number of ether oxygens (including phenoxy) is 2. The van der Waals surface area contributed by atoms with Crippen LogP contribution in [-0.4, -0.2) is 86.1 Å². The van der Waals surface area contributed by atoms with Crippen molar-refractivity contribution in [3.8, 4) is 5.75 Å². The van der Waals surface area contributed by atoms with Crippen LogP contribution in [-0.2, 0) is 23.9 Å². The number of Topliss-reactive ketones (excluding diaryl/α,β-unsaturated/α-hetero) is 2. The molecule has 9 nitrogen and oxygen atoms in total. The number of phenolic OH excluding ortho intramolecular Hbond substituents is 1. The van der Waals surface area contributed by atoms with Crippen molar-refractivity contribution >= 4 is 28.6 Å². The second-order valence-electron chi connectivity index (χ2n) is 8.28. The fourth-order valence-corrected chi connectivity index (χ4v) is 4.25. The summed E-state index contributed by atoms with van der Waals surface area (Å²) in [7, 11) is 3.19. The molecule has 0 heterocycles. The van der Waals surface area contributed by atoms with Crippen LogP contribution in [0.5, 0.6) is 5.75 Å². The van der Waals surface area contributed by atoms with E-state index in [4.69, 9.17) is 9.47 Å². The minimum absolute atomic E-state index is 0.0215. The van der Waals surface area contributed by atoms with Crippen molar-refractivity contribution in [1.82, 2.24) is 4.90 Å². The zero-order chi connectivity index (χ0) is 26.4. The third-order valence-corrected chi connectivity index (χ3v) is 6.24. The molecule has 2 aliphatic rings. The van der Waals surface area contributed by atoms with E-state index in [-0.39, 0.29) is 28.0 Å². The number of carbonyl (C=O) groups is 3. The summed E-state index contributed by atoms with van der Waals surface area (Å²) in [5.74, 6) is -3.34. The molecule has 1 aromatic carbocycles. The van der Waals surface area contributed by atoms with E-state index in [1.54, 1.807) is 26.4 Å². The fraction of sp³-hybridized carbons (Fsp3) is 0.370. The first kappa shape index (κ1) is 26.9. The predicted octanol–water partition coefficient (Wildman–Crippen LogP) is 2.57. The average molecular weight is 497 g/mol. The van der Waals surface area contributed by atoms with Gasteiger partial charge in [-0.1, -0.05) is 0 Å². The predicted molar refractivity (Wildman–Crippen MR) is 136 cm³/mol. The number of aliphatic hydroxyl groups is 1. The van der Waals surface area contributed by atoms with Gasteiger partial charge in [0, 0.05) is 75.1 Å². The largest absolute Gasteiger partial charge is 0.507 e. The summed E-state index contributed by atoms with van der Waals surface area (Å²) in [5.41, 5.74) is 0.617. The van der Waals surface area contributed by atoms with Gasteiger partial charge in [0.05, 0.1) is 24.4 Å². The number of benzene rings is 1. The van der Waals surface area contributed by atoms with Crippen LogP contribution in [0.3, 0.4) is 0 Å². The molecule has 0 bridgehead atoms. The lowest BCUT2D eigenvalue weighted by molar-refractivity contribution is -0.130. The zero-order valence-electron chi connectivity index (χ0n) is 21.0. The van der Waals surface area contributed by atoms with E-state index >= 15 is 0 Å². The number of hydrogen-bond donors (Lipinski definition) is 2. The highest BCUT2D eigenvalue weighted by Gasteiger charge is 2.41. The summed E-state index contributed by atoms with van der Waals surface area (Å²) < 4.78 is 10.2. The van der Waals surface area contributed by atoms with Gasteiger partial charge in [-0.3, -0.25) is 14.4 Å².